The monoisotopic (exact) mass is 257 g/mol. The Morgan fingerprint density at radius 2 is 2.00 bits per heavy atom. The predicted molar refractivity (Wildman–Crippen MR) is 42.9 cm³/mol. The third kappa shape index (κ3) is 3.26. The van der Waals surface area contributed by atoms with Crippen molar-refractivity contribution in [1.82, 2.24) is 4.98 Å². The van der Waals surface area contributed by atoms with Gasteiger partial charge in [0.25, 0.3) is 6.43 Å². The van der Waals surface area contributed by atoms with Gasteiger partial charge in [-0.1, -0.05) is 0 Å². The fourth-order valence-electron chi connectivity index (χ4n) is 0.951. The molecule has 0 aromatic carbocycles. The number of rotatable bonds is 3. The van der Waals surface area contributed by atoms with Crippen molar-refractivity contribution >= 4 is 6.29 Å². The Morgan fingerprint density at radius 3 is 2.41 bits per heavy atom. The van der Waals surface area contributed by atoms with Gasteiger partial charge < -0.3 is 9.84 Å². The number of hydrogen-bond donors (Lipinski definition) is 1. The van der Waals surface area contributed by atoms with Crippen LogP contribution >= 0.6 is 0 Å². The standard InChI is InChI=1S/C8H4F5NO3/c9-6(10)5-4(16)1-3(2-15)7(14-5)17-8(11,12)13/h1-2,6,16H. The maximum atomic E-state index is 12.2. The van der Waals surface area contributed by atoms with Gasteiger partial charge in [-0.2, -0.15) is 0 Å². The molecule has 0 spiro atoms. The maximum absolute atomic E-state index is 12.2. The van der Waals surface area contributed by atoms with E-state index in [2.05, 4.69) is 9.72 Å². The van der Waals surface area contributed by atoms with E-state index in [0.717, 1.165) is 0 Å². The van der Waals surface area contributed by atoms with Gasteiger partial charge in [0.15, 0.2) is 12.0 Å². The summed E-state index contributed by atoms with van der Waals surface area (Å²) in [7, 11) is 0. The first-order valence-electron chi connectivity index (χ1n) is 3.97. The molecule has 94 valence electrons. The number of alkyl halides is 5. The molecule has 0 aliphatic heterocycles. The summed E-state index contributed by atoms with van der Waals surface area (Å²) in [6.45, 7) is 0. The summed E-state index contributed by atoms with van der Waals surface area (Å²) in [5.74, 6) is -2.42. The number of ether oxygens (including phenoxy) is 1. The molecule has 0 aliphatic carbocycles. The molecule has 0 radical (unpaired) electrons. The first-order valence-corrected chi connectivity index (χ1v) is 3.97. The summed E-state index contributed by atoms with van der Waals surface area (Å²) in [4.78, 5) is 13.1. The molecule has 0 fully saturated rings. The number of nitrogens with zero attached hydrogens (tertiary/aromatic N) is 1. The molecule has 0 saturated carbocycles. The highest BCUT2D eigenvalue weighted by atomic mass is 19.4. The zero-order chi connectivity index (χ0) is 13.2. The van der Waals surface area contributed by atoms with Crippen molar-refractivity contribution in [2.24, 2.45) is 0 Å². The number of aromatic hydroxyl groups is 1. The molecule has 0 saturated heterocycles. The van der Waals surface area contributed by atoms with Crippen LogP contribution in [-0.4, -0.2) is 22.7 Å². The van der Waals surface area contributed by atoms with Gasteiger partial charge in [0.2, 0.25) is 5.88 Å². The summed E-state index contributed by atoms with van der Waals surface area (Å²) in [6.07, 6.45) is -8.59. The quantitative estimate of drug-likeness (QED) is 0.667. The van der Waals surface area contributed by atoms with E-state index >= 15 is 0 Å². The molecule has 1 heterocycles. The lowest BCUT2D eigenvalue weighted by Crippen LogP contribution is -2.19. The van der Waals surface area contributed by atoms with Crippen LogP contribution in [0.15, 0.2) is 6.07 Å². The van der Waals surface area contributed by atoms with E-state index in [4.69, 9.17) is 5.11 Å². The molecule has 0 amide bonds. The predicted octanol–water partition coefficient (Wildman–Crippen LogP) is 2.44. The van der Waals surface area contributed by atoms with Crippen molar-refractivity contribution in [1.29, 1.82) is 0 Å². The second-order valence-corrected chi connectivity index (χ2v) is 2.75. The highest BCUT2D eigenvalue weighted by Crippen LogP contribution is 2.32. The molecule has 1 N–H and O–H groups in total. The Labute approximate surface area is 90.6 Å². The van der Waals surface area contributed by atoms with Gasteiger partial charge in [0.05, 0.1) is 5.56 Å². The van der Waals surface area contributed by atoms with Crippen LogP contribution in [0.25, 0.3) is 0 Å². The Kier molecular flexibility index (Phi) is 3.49. The van der Waals surface area contributed by atoms with Gasteiger partial charge in [0.1, 0.15) is 5.75 Å². The molecule has 1 aromatic rings. The van der Waals surface area contributed by atoms with Crippen molar-refractivity contribution in [3.8, 4) is 11.6 Å². The van der Waals surface area contributed by atoms with E-state index in [-0.39, 0.29) is 6.29 Å². The summed E-state index contributed by atoms with van der Waals surface area (Å²) in [5.41, 5.74) is -2.08. The molecule has 0 aliphatic rings. The van der Waals surface area contributed by atoms with Crippen LogP contribution in [0.4, 0.5) is 22.0 Å². The number of halogens is 5. The lowest BCUT2D eigenvalue weighted by molar-refractivity contribution is -0.276. The van der Waals surface area contributed by atoms with Crippen molar-refractivity contribution in [2.45, 2.75) is 12.8 Å². The van der Waals surface area contributed by atoms with E-state index in [1.165, 1.54) is 0 Å². The zero-order valence-corrected chi connectivity index (χ0v) is 7.83. The van der Waals surface area contributed by atoms with Gasteiger partial charge >= 0.3 is 6.36 Å². The van der Waals surface area contributed by atoms with Crippen LogP contribution in [0.5, 0.6) is 11.6 Å². The molecular weight excluding hydrogens is 253 g/mol. The molecule has 0 unspecified atom stereocenters. The number of hydrogen-bond acceptors (Lipinski definition) is 4. The fourth-order valence-corrected chi connectivity index (χ4v) is 0.951. The van der Waals surface area contributed by atoms with Gasteiger partial charge in [0, 0.05) is 0 Å². The van der Waals surface area contributed by atoms with Crippen molar-refractivity contribution in [2.75, 3.05) is 0 Å². The summed E-state index contributed by atoms with van der Waals surface area (Å²) in [6, 6.07) is 0.419. The lowest BCUT2D eigenvalue weighted by Gasteiger charge is -2.11. The minimum absolute atomic E-state index is 0.108. The maximum Gasteiger partial charge on any atom is 0.574 e. The van der Waals surface area contributed by atoms with E-state index in [0.29, 0.717) is 6.07 Å². The average molecular weight is 257 g/mol. The fraction of sp³-hybridized carbons (Fsp3) is 0.250. The van der Waals surface area contributed by atoms with Gasteiger partial charge in [-0.3, -0.25) is 4.79 Å². The molecule has 9 heteroatoms. The van der Waals surface area contributed by atoms with Crippen molar-refractivity contribution in [3.63, 3.8) is 0 Å². The highest BCUT2D eigenvalue weighted by Gasteiger charge is 2.34. The van der Waals surface area contributed by atoms with Crippen LogP contribution < -0.4 is 4.74 Å². The second kappa shape index (κ2) is 4.52. The normalized spacial score (nSPS) is 11.6. The molecule has 0 bridgehead atoms. The first kappa shape index (κ1) is 13.1. The van der Waals surface area contributed by atoms with Crippen LogP contribution in [0.3, 0.4) is 0 Å². The van der Waals surface area contributed by atoms with Crippen LogP contribution in [0.1, 0.15) is 22.5 Å². The largest absolute Gasteiger partial charge is 0.574 e. The average Bonchev–Trinajstić information content (AvgIpc) is 2.17. The number of carbonyl (C=O) groups is 1. The number of pyridine rings is 1. The van der Waals surface area contributed by atoms with E-state index in [1.54, 1.807) is 0 Å². The SMILES string of the molecule is O=Cc1cc(O)c(C(F)F)nc1OC(F)(F)F. The minimum atomic E-state index is -5.18. The summed E-state index contributed by atoms with van der Waals surface area (Å²) < 4.78 is 63.3. The topological polar surface area (TPSA) is 59.4 Å². The minimum Gasteiger partial charge on any atom is -0.506 e. The van der Waals surface area contributed by atoms with E-state index < -0.39 is 35.7 Å². The molecule has 1 aromatic heterocycles. The first-order chi connectivity index (χ1) is 7.74. The Morgan fingerprint density at radius 1 is 1.41 bits per heavy atom. The highest BCUT2D eigenvalue weighted by molar-refractivity contribution is 5.79. The smallest absolute Gasteiger partial charge is 0.506 e. The number of aldehydes is 1. The number of aromatic nitrogens is 1. The van der Waals surface area contributed by atoms with Crippen LogP contribution in [0.2, 0.25) is 0 Å². The van der Waals surface area contributed by atoms with E-state index in [1.807, 2.05) is 0 Å². The third-order valence-electron chi connectivity index (χ3n) is 1.57. The summed E-state index contributed by atoms with van der Waals surface area (Å²) in [5, 5.41) is 8.98. The van der Waals surface area contributed by atoms with Gasteiger partial charge in [-0.05, 0) is 6.07 Å². The van der Waals surface area contributed by atoms with Crippen molar-refractivity contribution in [3.05, 3.63) is 17.3 Å². The molecule has 4 nitrogen and oxygen atoms in total. The molecule has 17 heavy (non-hydrogen) atoms. The Balaban J connectivity index is 3.26. The number of carbonyl (C=O) groups excluding carboxylic acids is 1. The Hall–Kier alpha value is -1.93. The Bertz CT molecular complexity index is 432. The van der Waals surface area contributed by atoms with E-state index in [9.17, 15) is 26.7 Å². The van der Waals surface area contributed by atoms with Crippen LogP contribution in [0, 0.1) is 0 Å². The lowest BCUT2D eigenvalue weighted by atomic mass is 10.2. The molecule has 1 rings (SSSR count). The third-order valence-corrected chi connectivity index (χ3v) is 1.57. The van der Waals surface area contributed by atoms with Crippen molar-refractivity contribution < 1.29 is 36.6 Å². The van der Waals surface area contributed by atoms with Gasteiger partial charge in [-0.15, -0.1) is 13.2 Å². The zero-order valence-electron chi connectivity index (χ0n) is 7.83. The summed E-state index contributed by atoms with van der Waals surface area (Å²) >= 11 is 0. The van der Waals surface area contributed by atoms with Gasteiger partial charge in [-0.25, -0.2) is 13.8 Å². The molecular formula is C8H4F5NO3. The molecule has 0 atom stereocenters. The second-order valence-electron chi connectivity index (χ2n) is 2.75. The van der Waals surface area contributed by atoms with Crippen LogP contribution in [-0.2, 0) is 0 Å².